The van der Waals surface area contributed by atoms with Crippen LogP contribution in [-0.2, 0) is 9.31 Å². The van der Waals surface area contributed by atoms with Gasteiger partial charge in [0.05, 0.1) is 23.4 Å². The molecule has 0 bridgehead atoms. The van der Waals surface area contributed by atoms with Crippen LogP contribution in [0.4, 0.5) is 0 Å². The molecular weight excluding hydrogens is 251 g/mol. The van der Waals surface area contributed by atoms with E-state index in [-0.39, 0.29) is 11.2 Å². The van der Waals surface area contributed by atoms with E-state index < -0.39 is 7.12 Å². The summed E-state index contributed by atoms with van der Waals surface area (Å²) in [7, 11) is -0.397. The fraction of sp³-hybridized carbons (Fsp3) is 0.500. The molecule has 0 spiro atoms. The maximum atomic E-state index is 6.03. The zero-order valence-corrected chi connectivity index (χ0v) is 12.8. The Morgan fingerprint density at radius 1 is 1.20 bits per heavy atom. The molecule has 1 aromatic carbocycles. The zero-order valence-electron chi connectivity index (χ0n) is 12.8. The van der Waals surface area contributed by atoms with Crippen LogP contribution >= 0.6 is 0 Å². The van der Waals surface area contributed by atoms with Gasteiger partial charge in [0, 0.05) is 0 Å². The highest BCUT2D eigenvalue weighted by molar-refractivity contribution is 6.62. The van der Waals surface area contributed by atoms with E-state index in [1.165, 1.54) is 0 Å². The first-order valence-electron chi connectivity index (χ1n) is 6.89. The van der Waals surface area contributed by atoms with Crippen molar-refractivity contribution in [3.8, 4) is 18.1 Å². The lowest BCUT2D eigenvalue weighted by atomic mass is 9.78. The third-order valence-corrected chi connectivity index (χ3v) is 3.99. The van der Waals surface area contributed by atoms with E-state index in [4.69, 9.17) is 20.5 Å². The molecule has 0 atom stereocenters. The Bertz CT molecular complexity index is 527. The van der Waals surface area contributed by atoms with Crippen molar-refractivity contribution in [2.45, 2.75) is 45.8 Å². The predicted octanol–water partition coefficient (Wildman–Crippen LogP) is 2.37. The summed E-state index contributed by atoms with van der Waals surface area (Å²) in [5, 5.41) is 0. The van der Waals surface area contributed by atoms with Gasteiger partial charge in [0.25, 0.3) is 0 Å². The van der Waals surface area contributed by atoms with E-state index in [0.29, 0.717) is 12.4 Å². The second-order valence-corrected chi connectivity index (χ2v) is 5.92. The Labute approximate surface area is 121 Å². The van der Waals surface area contributed by atoms with Crippen molar-refractivity contribution in [2.24, 2.45) is 0 Å². The Kier molecular flexibility index (Phi) is 3.86. The van der Waals surface area contributed by atoms with Gasteiger partial charge in [0.15, 0.2) is 0 Å². The highest BCUT2D eigenvalue weighted by atomic mass is 16.7. The molecule has 3 nitrogen and oxygen atoms in total. The maximum absolute atomic E-state index is 6.03. The van der Waals surface area contributed by atoms with Gasteiger partial charge in [0.2, 0.25) is 0 Å². The third-order valence-electron chi connectivity index (χ3n) is 3.99. The summed E-state index contributed by atoms with van der Waals surface area (Å²) in [6.07, 6.45) is 5.48. The van der Waals surface area contributed by atoms with Gasteiger partial charge in [-0.1, -0.05) is 12.0 Å². The predicted molar refractivity (Wildman–Crippen MR) is 81.3 cm³/mol. The molecule has 1 saturated heterocycles. The van der Waals surface area contributed by atoms with Gasteiger partial charge in [-0.25, -0.2) is 0 Å². The number of terminal acetylenes is 1. The van der Waals surface area contributed by atoms with Crippen molar-refractivity contribution < 1.29 is 14.0 Å². The molecule has 20 heavy (non-hydrogen) atoms. The van der Waals surface area contributed by atoms with Crippen molar-refractivity contribution in [3.63, 3.8) is 0 Å². The van der Waals surface area contributed by atoms with E-state index in [2.05, 4.69) is 5.92 Å². The molecule has 1 fully saturated rings. The summed E-state index contributed by atoms with van der Waals surface area (Å²) >= 11 is 0. The SMILES string of the molecule is C#Cc1ccc(B2OC(C)(C)C(C)(C)O2)cc1OCC. The lowest BCUT2D eigenvalue weighted by molar-refractivity contribution is 0.00578. The second-order valence-electron chi connectivity index (χ2n) is 5.92. The molecule has 1 heterocycles. The van der Waals surface area contributed by atoms with Gasteiger partial charge in [-0.15, -0.1) is 6.42 Å². The van der Waals surface area contributed by atoms with E-state index >= 15 is 0 Å². The average molecular weight is 272 g/mol. The molecule has 0 amide bonds. The minimum atomic E-state index is -0.397. The molecule has 1 aliphatic rings. The molecule has 0 radical (unpaired) electrons. The average Bonchev–Trinajstić information content (AvgIpc) is 2.59. The first-order valence-corrected chi connectivity index (χ1v) is 6.89. The van der Waals surface area contributed by atoms with Gasteiger partial charge in [-0.05, 0) is 52.2 Å². The minimum absolute atomic E-state index is 0.353. The van der Waals surface area contributed by atoms with Crippen molar-refractivity contribution in [1.82, 2.24) is 0 Å². The Balaban J connectivity index is 2.32. The first-order chi connectivity index (χ1) is 9.30. The van der Waals surface area contributed by atoms with E-state index in [1.54, 1.807) is 0 Å². The molecule has 2 rings (SSSR count). The third kappa shape index (κ3) is 2.56. The Hall–Kier alpha value is -1.44. The standard InChI is InChI=1S/C16H21BO3/c1-7-12-9-10-13(11-14(12)18-8-2)17-19-15(3,4)16(5,6)20-17/h1,9-11H,8H2,2-6H3. The zero-order chi connectivity index (χ0) is 15.0. The van der Waals surface area contributed by atoms with Crippen LogP contribution in [0.3, 0.4) is 0 Å². The molecule has 4 heteroatoms. The van der Waals surface area contributed by atoms with Crippen LogP contribution in [0.2, 0.25) is 0 Å². The highest BCUT2D eigenvalue weighted by Gasteiger charge is 2.51. The topological polar surface area (TPSA) is 27.7 Å². The Morgan fingerprint density at radius 2 is 1.80 bits per heavy atom. The van der Waals surface area contributed by atoms with Crippen LogP contribution in [0.5, 0.6) is 5.75 Å². The largest absolute Gasteiger partial charge is 0.494 e. The van der Waals surface area contributed by atoms with E-state index in [0.717, 1.165) is 11.0 Å². The van der Waals surface area contributed by atoms with Crippen LogP contribution in [0.1, 0.15) is 40.2 Å². The monoisotopic (exact) mass is 272 g/mol. The lowest BCUT2D eigenvalue weighted by Crippen LogP contribution is -2.41. The lowest BCUT2D eigenvalue weighted by Gasteiger charge is -2.32. The van der Waals surface area contributed by atoms with Gasteiger partial charge >= 0.3 is 7.12 Å². The van der Waals surface area contributed by atoms with E-state index in [1.807, 2.05) is 52.8 Å². The van der Waals surface area contributed by atoms with Crippen molar-refractivity contribution in [2.75, 3.05) is 6.61 Å². The fourth-order valence-electron chi connectivity index (χ4n) is 2.06. The summed E-state index contributed by atoms with van der Waals surface area (Å²) in [6.45, 7) is 10.6. The smallest absolute Gasteiger partial charge is 0.493 e. The number of hydrogen-bond donors (Lipinski definition) is 0. The van der Waals surface area contributed by atoms with Crippen LogP contribution in [0.15, 0.2) is 18.2 Å². The Morgan fingerprint density at radius 3 is 2.30 bits per heavy atom. The molecule has 0 aromatic heterocycles. The quantitative estimate of drug-likeness (QED) is 0.624. The molecular formula is C16H21BO3. The molecule has 0 unspecified atom stereocenters. The number of rotatable bonds is 3. The first kappa shape index (κ1) is 15.0. The summed E-state index contributed by atoms with van der Waals surface area (Å²) < 4.78 is 17.6. The fourth-order valence-corrected chi connectivity index (χ4v) is 2.06. The molecule has 0 aliphatic carbocycles. The number of benzene rings is 1. The molecule has 1 aliphatic heterocycles. The maximum Gasteiger partial charge on any atom is 0.494 e. The van der Waals surface area contributed by atoms with Crippen LogP contribution < -0.4 is 10.2 Å². The van der Waals surface area contributed by atoms with Crippen LogP contribution in [-0.4, -0.2) is 24.9 Å². The summed E-state index contributed by atoms with van der Waals surface area (Å²) in [5.41, 5.74) is 0.959. The van der Waals surface area contributed by atoms with Crippen molar-refractivity contribution >= 4 is 12.6 Å². The van der Waals surface area contributed by atoms with Crippen LogP contribution in [0, 0.1) is 12.3 Å². The number of ether oxygens (including phenoxy) is 1. The van der Waals surface area contributed by atoms with Gasteiger partial charge in [0.1, 0.15) is 5.75 Å². The summed E-state index contributed by atoms with van der Waals surface area (Å²) in [6, 6.07) is 5.70. The molecule has 1 aromatic rings. The van der Waals surface area contributed by atoms with Gasteiger partial charge < -0.3 is 14.0 Å². The minimum Gasteiger partial charge on any atom is -0.493 e. The molecule has 0 N–H and O–H groups in total. The van der Waals surface area contributed by atoms with Crippen molar-refractivity contribution in [1.29, 1.82) is 0 Å². The number of hydrogen-bond acceptors (Lipinski definition) is 3. The normalized spacial score (nSPS) is 19.7. The van der Waals surface area contributed by atoms with Gasteiger partial charge in [-0.2, -0.15) is 0 Å². The molecule has 0 saturated carbocycles. The highest BCUT2D eigenvalue weighted by Crippen LogP contribution is 2.36. The van der Waals surface area contributed by atoms with Gasteiger partial charge in [-0.3, -0.25) is 0 Å². The van der Waals surface area contributed by atoms with E-state index in [9.17, 15) is 0 Å². The summed E-state index contributed by atoms with van der Waals surface area (Å²) in [4.78, 5) is 0. The second kappa shape index (κ2) is 5.16. The van der Waals surface area contributed by atoms with Crippen molar-refractivity contribution in [3.05, 3.63) is 23.8 Å². The summed E-state index contributed by atoms with van der Waals surface area (Å²) in [5.74, 6) is 3.32. The molecule has 106 valence electrons. The van der Waals surface area contributed by atoms with Crippen LogP contribution in [0.25, 0.3) is 0 Å².